The Balaban J connectivity index is 0.788. The van der Waals surface area contributed by atoms with Crippen molar-refractivity contribution in [3.05, 3.63) is 87.9 Å². The molecule has 4 aliphatic heterocycles. The molecule has 3 aromatic rings. The van der Waals surface area contributed by atoms with Crippen LogP contribution in [0, 0.1) is 28.1 Å². The van der Waals surface area contributed by atoms with Crippen molar-refractivity contribution in [2.24, 2.45) is 16.7 Å². The number of likely N-dealkylation sites (tertiary alicyclic amines) is 1. The van der Waals surface area contributed by atoms with Crippen molar-refractivity contribution >= 4 is 58.7 Å². The molecular weight excluding hydrogens is 854 g/mol. The van der Waals surface area contributed by atoms with Gasteiger partial charge in [-0.15, -0.1) is 0 Å². The summed E-state index contributed by atoms with van der Waals surface area (Å²) in [5.41, 5.74) is 2.61. The van der Waals surface area contributed by atoms with Gasteiger partial charge in [0.05, 0.1) is 28.8 Å². The van der Waals surface area contributed by atoms with Gasteiger partial charge >= 0.3 is 6.16 Å². The minimum atomic E-state index is -1.20. The van der Waals surface area contributed by atoms with Crippen LogP contribution in [0.4, 0.5) is 16.2 Å². The van der Waals surface area contributed by atoms with Crippen molar-refractivity contribution in [3.8, 4) is 11.8 Å². The quantitative estimate of drug-likeness (QED) is 0.183. The third-order valence-electron chi connectivity index (χ3n) is 14.0. The minimum absolute atomic E-state index is 0.0166. The molecular formula is C48H54ClN7O9. The van der Waals surface area contributed by atoms with Gasteiger partial charge in [0.2, 0.25) is 5.91 Å². The summed E-state index contributed by atoms with van der Waals surface area (Å²) in [6.45, 7) is 13.7. The van der Waals surface area contributed by atoms with Crippen LogP contribution in [0.3, 0.4) is 0 Å². The molecule has 16 nitrogen and oxygen atoms in total. The molecule has 1 aliphatic carbocycles. The third kappa shape index (κ3) is 8.71. The molecule has 65 heavy (non-hydrogen) atoms. The second-order valence-electron chi connectivity index (χ2n) is 18.7. The number of methoxy groups -OCH3 is 1. The van der Waals surface area contributed by atoms with Gasteiger partial charge in [0, 0.05) is 92.1 Å². The van der Waals surface area contributed by atoms with Crippen LogP contribution in [-0.4, -0.2) is 128 Å². The summed E-state index contributed by atoms with van der Waals surface area (Å²) < 4.78 is 15.6. The van der Waals surface area contributed by atoms with Gasteiger partial charge in [-0.25, -0.2) is 9.69 Å². The number of carbonyl (C=O) groups is 6. The zero-order valence-corrected chi connectivity index (χ0v) is 38.1. The first kappa shape index (κ1) is 45.4. The molecule has 5 aliphatic rings. The SMILES string of the molecule is COC(=O)OCN1C(=O)CCC(N2C(=O)c3ccc(N4CCN(CC5CCN(c6ccc(C(=O)N[C@H]7C(C)(C)[C@H](Oc8ccc(C#N)c(Cl)c8)C7(C)C)cc6)CC5)CC4)cc3C2=O)C1=O. The Bertz CT molecular complexity index is 2420. The zero-order chi connectivity index (χ0) is 46.4. The maximum Gasteiger partial charge on any atom is 0.509 e. The van der Waals surface area contributed by atoms with Crippen LogP contribution in [-0.2, 0) is 19.1 Å². The molecule has 0 spiro atoms. The van der Waals surface area contributed by atoms with Crippen molar-refractivity contribution in [2.75, 3.05) is 69.5 Å². The van der Waals surface area contributed by atoms with Crippen LogP contribution >= 0.6 is 11.6 Å². The maximum atomic E-state index is 13.7. The van der Waals surface area contributed by atoms with Crippen molar-refractivity contribution in [1.82, 2.24) is 20.0 Å². The molecule has 342 valence electrons. The Morgan fingerprint density at radius 1 is 0.815 bits per heavy atom. The monoisotopic (exact) mass is 907 g/mol. The minimum Gasteiger partial charge on any atom is -0.489 e. The molecule has 0 bridgehead atoms. The third-order valence-corrected chi connectivity index (χ3v) is 14.3. The molecule has 4 heterocycles. The Labute approximate surface area is 383 Å². The van der Waals surface area contributed by atoms with E-state index in [1.54, 1.807) is 30.3 Å². The number of carbonyl (C=O) groups excluding carboxylic acids is 6. The lowest BCUT2D eigenvalue weighted by Gasteiger charge is -2.63. The number of nitriles is 1. The van der Waals surface area contributed by atoms with Gasteiger partial charge < -0.3 is 29.3 Å². The number of benzene rings is 3. The van der Waals surface area contributed by atoms with Crippen molar-refractivity contribution in [2.45, 2.75) is 71.6 Å². The highest BCUT2D eigenvalue weighted by molar-refractivity contribution is 6.31. The Hall–Kier alpha value is -6.18. The predicted octanol–water partition coefficient (Wildman–Crippen LogP) is 5.72. The van der Waals surface area contributed by atoms with Crippen molar-refractivity contribution in [1.29, 1.82) is 5.26 Å². The number of nitrogens with one attached hydrogen (secondary N) is 1. The number of amides is 5. The van der Waals surface area contributed by atoms with E-state index < -0.39 is 42.6 Å². The molecule has 0 radical (unpaired) electrons. The van der Waals surface area contributed by atoms with E-state index in [4.69, 9.17) is 21.1 Å². The highest BCUT2D eigenvalue weighted by Gasteiger charge is 2.64. The summed E-state index contributed by atoms with van der Waals surface area (Å²) in [4.78, 5) is 86.6. The van der Waals surface area contributed by atoms with E-state index in [1.165, 1.54) is 0 Å². The van der Waals surface area contributed by atoms with Gasteiger partial charge in [0.25, 0.3) is 23.6 Å². The molecule has 5 amide bonds. The number of piperidine rings is 2. The number of anilines is 2. The first-order valence-corrected chi connectivity index (χ1v) is 22.5. The van der Waals surface area contributed by atoms with Gasteiger partial charge in [0.15, 0.2) is 6.73 Å². The molecule has 1 N–H and O–H groups in total. The lowest BCUT2D eigenvalue weighted by atomic mass is 9.49. The van der Waals surface area contributed by atoms with Crippen molar-refractivity contribution < 1.29 is 43.0 Å². The molecule has 8 rings (SSSR count). The summed E-state index contributed by atoms with van der Waals surface area (Å²) in [5, 5.41) is 12.9. The van der Waals surface area contributed by atoms with Gasteiger partial charge in [-0.3, -0.25) is 33.8 Å². The van der Waals surface area contributed by atoms with Crippen LogP contribution in [0.5, 0.6) is 5.75 Å². The summed E-state index contributed by atoms with van der Waals surface area (Å²) in [5.74, 6) is -1.53. The van der Waals surface area contributed by atoms with E-state index in [0.29, 0.717) is 27.8 Å². The van der Waals surface area contributed by atoms with Crippen LogP contribution < -0.4 is 19.9 Å². The summed E-state index contributed by atoms with van der Waals surface area (Å²) in [6.07, 6.45) is 0.729. The Morgan fingerprint density at radius 2 is 1.46 bits per heavy atom. The van der Waals surface area contributed by atoms with Gasteiger partial charge in [-0.2, -0.15) is 5.26 Å². The second-order valence-corrected chi connectivity index (χ2v) is 19.1. The van der Waals surface area contributed by atoms with E-state index in [2.05, 4.69) is 58.5 Å². The second kappa shape index (κ2) is 18.0. The number of imide groups is 2. The van der Waals surface area contributed by atoms with E-state index in [9.17, 15) is 34.0 Å². The molecule has 1 saturated carbocycles. The fourth-order valence-electron chi connectivity index (χ4n) is 10.7. The molecule has 1 unspecified atom stereocenters. The molecule has 1 atom stereocenters. The molecule has 4 fully saturated rings. The molecule has 17 heteroatoms. The van der Waals surface area contributed by atoms with E-state index >= 15 is 0 Å². The standard InChI is InChI=1S/C48H54ClN7O9/c1-47(2)44(48(3,4)45(47)65-34-12-8-31(26-50)37(49)25-34)51-40(58)30-6-9-32(10-7-30)53-18-16-29(17-19-53)27-52-20-22-54(23-21-52)33-11-13-35-36(24-33)42(60)56(41(35)59)38-14-15-39(57)55(43(38)61)28-64-46(62)63-5/h6-13,24-25,29,38,44-45H,14-23,27-28H2,1-5H3,(H,51,58)/t38?,44-,45-. The highest BCUT2D eigenvalue weighted by atomic mass is 35.5. The molecule has 0 aromatic heterocycles. The number of hydrogen-bond donors (Lipinski definition) is 1. The van der Waals surface area contributed by atoms with Crippen LogP contribution in [0.25, 0.3) is 0 Å². The Morgan fingerprint density at radius 3 is 2.11 bits per heavy atom. The summed E-state index contributed by atoms with van der Waals surface area (Å²) >= 11 is 6.26. The lowest BCUT2D eigenvalue weighted by Crippen LogP contribution is -2.74. The summed E-state index contributed by atoms with van der Waals surface area (Å²) in [7, 11) is 1.10. The normalized spacial score (nSPS) is 23.1. The van der Waals surface area contributed by atoms with E-state index in [0.717, 1.165) is 86.9 Å². The first-order chi connectivity index (χ1) is 31.0. The number of piperazine rings is 1. The largest absolute Gasteiger partial charge is 0.509 e. The highest BCUT2D eigenvalue weighted by Crippen LogP contribution is 2.55. The topological polar surface area (TPSA) is 182 Å². The lowest BCUT2D eigenvalue weighted by molar-refractivity contribution is -0.164. The number of hydrogen-bond acceptors (Lipinski definition) is 13. The fourth-order valence-corrected chi connectivity index (χ4v) is 10.9. The van der Waals surface area contributed by atoms with E-state index in [-0.39, 0.29) is 52.9 Å². The first-order valence-electron chi connectivity index (χ1n) is 22.1. The van der Waals surface area contributed by atoms with Crippen LogP contribution in [0.2, 0.25) is 5.02 Å². The van der Waals surface area contributed by atoms with Crippen LogP contribution in [0.1, 0.15) is 90.0 Å². The van der Waals surface area contributed by atoms with E-state index in [1.807, 2.05) is 30.3 Å². The average Bonchev–Trinajstić information content (AvgIpc) is 3.55. The van der Waals surface area contributed by atoms with Gasteiger partial charge in [0.1, 0.15) is 24.0 Å². The number of halogens is 1. The number of ether oxygens (including phenoxy) is 3. The Kier molecular flexibility index (Phi) is 12.6. The zero-order valence-electron chi connectivity index (χ0n) is 37.3. The summed E-state index contributed by atoms with van der Waals surface area (Å²) in [6, 6.07) is 18.8. The average molecular weight is 908 g/mol. The maximum absolute atomic E-state index is 13.7. The van der Waals surface area contributed by atoms with Gasteiger partial charge in [-0.05, 0) is 79.8 Å². The number of fused-ring (bicyclic) bond motifs is 1. The molecule has 3 aromatic carbocycles. The fraction of sp³-hybridized carbons (Fsp3) is 0.479. The predicted molar refractivity (Wildman–Crippen MR) is 240 cm³/mol. The smallest absolute Gasteiger partial charge is 0.489 e. The van der Waals surface area contributed by atoms with Crippen molar-refractivity contribution in [3.63, 3.8) is 0 Å². The molecule has 3 saturated heterocycles. The van der Waals surface area contributed by atoms with Crippen LogP contribution in [0.15, 0.2) is 60.7 Å². The van der Waals surface area contributed by atoms with Gasteiger partial charge in [-0.1, -0.05) is 39.3 Å². The number of rotatable bonds is 11. The number of nitrogens with zero attached hydrogens (tertiary/aromatic N) is 6.